The highest BCUT2D eigenvalue weighted by Crippen LogP contribution is 2.29. The van der Waals surface area contributed by atoms with E-state index in [9.17, 15) is 0 Å². The normalized spacial score (nSPS) is 11.6. The molecule has 0 aliphatic carbocycles. The number of hydrogen-bond donors (Lipinski definition) is 3. The summed E-state index contributed by atoms with van der Waals surface area (Å²) < 4.78 is 0. The lowest BCUT2D eigenvalue weighted by molar-refractivity contribution is 0.723. The van der Waals surface area contributed by atoms with Crippen LogP contribution in [0, 0.1) is 0 Å². The number of rotatable bonds is 9. The summed E-state index contributed by atoms with van der Waals surface area (Å²) in [5.74, 6) is 2.11. The third kappa shape index (κ3) is 4.69. The van der Waals surface area contributed by atoms with Gasteiger partial charge >= 0.3 is 0 Å². The molecule has 0 atom stereocenters. The number of aromatic amines is 2. The Morgan fingerprint density at radius 3 is 2.30 bits per heavy atom. The Bertz CT molecular complexity index is 1380. The number of benzene rings is 3. The van der Waals surface area contributed by atoms with Gasteiger partial charge in [-0.1, -0.05) is 43.7 Å². The second-order valence-corrected chi connectivity index (χ2v) is 8.79. The number of hydrogen-bond acceptors (Lipinski definition) is 3. The molecule has 0 spiro atoms. The Balaban J connectivity index is 1.39. The number of H-pyrrole nitrogens is 2. The van der Waals surface area contributed by atoms with Crippen LogP contribution < -0.4 is 5.73 Å². The zero-order chi connectivity index (χ0) is 22.6. The summed E-state index contributed by atoms with van der Waals surface area (Å²) in [6.07, 6.45) is 8.31. The van der Waals surface area contributed by atoms with Crippen LogP contribution in [0.15, 0.2) is 60.8 Å². The standard InChI is InChI=1S/C28H31N5/c1-2-3-6-28-31-24-13-12-22(17-25(24)32-28)20-8-9-21-16-23(11-10-19(21)15-20)26-18-30-27(33-26)7-4-5-14-29/h8-13,15-18H,2-7,14,29H2,1H3,(H,30,33)(H,31,32). The Kier molecular flexibility index (Phi) is 6.22. The van der Waals surface area contributed by atoms with Gasteiger partial charge in [0.25, 0.3) is 0 Å². The molecule has 0 unspecified atom stereocenters. The predicted molar refractivity (Wildman–Crippen MR) is 137 cm³/mol. The molecular formula is C28H31N5. The number of aryl methyl sites for hydroxylation is 2. The van der Waals surface area contributed by atoms with Crippen molar-refractivity contribution in [3.05, 3.63) is 72.4 Å². The Hall–Kier alpha value is -3.44. The van der Waals surface area contributed by atoms with Crippen LogP contribution in [0.4, 0.5) is 0 Å². The van der Waals surface area contributed by atoms with Crippen LogP contribution >= 0.6 is 0 Å². The monoisotopic (exact) mass is 437 g/mol. The van der Waals surface area contributed by atoms with Crippen molar-refractivity contribution in [3.63, 3.8) is 0 Å². The van der Waals surface area contributed by atoms with Crippen LogP contribution in [0.3, 0.4) is 0 Å². The van der Waals surface area contributed by atoms with E-state index in [0.717, 1.165) is 72.6 Å². The molecule has 5 nitrogen and oxygen atoms in total. The molecule has 2 heterocycles. The number of nitrogens with zero attached hydrogens (tertiary/aromatic N) is 2. The lowest BCUT2D eigenvalue weighted by Gasteiger charge is -2.06. The van der Waals surface area contributed by atoms with Crippen molar-refractivity contribution in [1.82, 2.24) is 19.9 Å². The number of aromatic nitrogens is 4. The number of nitrogens with two attached hydrogens (primary N) is 1. The number of fused-ring (bicyclic) bond motifs is 2. The van der Waals surface area contributed by atoms with Crippen molar-refractivity contribution in [2.24, 2.45) is 5.73 Å². The van der Waals surface area contributed by atoms with E-state index in [4.69, 9.17) is 10.7 Å². The van der Waals surface area contributed by atoms with E-state index >= 15 is 0 Å². The van der Waals surface area contributed by atoms with Gasteiger partial charge in [-0.15, -0.1) is 0 Å². The summed E-state index contributed by atoms with van der Waals surface area (Å²) in [7, 11) is 0. The van der Waals surface area contributed by atoms with Crippen LogP contribution in [-0.4, -0.2) is 26.5 Å². The highest BCUT2D eigenvalue weighted by atomic mass is 14.9. The third-order valence-corrected chi connectivity index (χ3v) is 6.28. The van der Waals surface area contributed by atoms with Gasteiger partial charge in [-0.05, 0) is 72.0 Å². The highest BCUT2D eigenvalue weighted by molar-refractivity contribution is 5.91. The third-order valence-electron chi connectivity index (χ3n) is 6.28. The minimum atomic E-state index is 0.732. The average molecular weight is 438 g/mol. The molecule has 4 N–H and O–H groups in total. The van der Waals surface area contributed by atoms with E-state index in [2.05, 4.69) is 76.5 Å². The summed E-state index contributed by atoms with van der Waals surface area (Å²) in [6.45, 7) is 2.94. The van der Waals surface area contributed by atoms with Gasteiger partial charge in [-0.2, -0.15) is 0 Å². The van der Waals surface area contributed by atoms with Crippen molar-refractivity contribution in [1.29, 1.82) is 0 Å². The SMILES string of the molecule is CCCCc1nc2ccc(-c3ccc4cc(-c5cnc(CCCCN)[nH]5)ccc4c3)cc2[nH]1. The predicted octanol–water partition coefficient (Wildman–Crippen LogP) is 6.40. The van der Waals surface area contributed by atoms with E-state index in [-0.39, 0.29) is 0 Å². The van der Waals surface area contributed by atoms with E-state index in [0.29, 0.717) is 0 Å². The molecule has 168 valence electrons. The van der Waals surface area contributed by atoms with Gasteiger partial charge in [0.2, 0.25) is 0 Å². The zero-order valence-electron chi connectivity index (χ0n) is 19.2. The Morgan fingerprint density at radius 1 is 0.758 bits per heavy atom. The maximum atomic E-state index is 5.60. The number of nitrogens with one attached hydrogen (secondary N) is 2. The van der Waals surface area contributed by atoms with Gasteiger partial charge in [-0.25, -0.2) is 9.97 Å². The van der Waals surface area contributed by atoms with Crippen molar-refractivity contribution in [3.8, 4) is 22.4 Å². The summed E-state index contributed by atoms with van der Waals surface area (Å²) in [6, 6.07) is 19.8. The van der Waals surface area contributed by atoms with Crippen LogP contribution in [-0.2, 0) is 12.8 Å². The lowest BCUT2D eigenvalue weighted by atomic mass is 9.99. The first kappa shape index (κ1) is 21.4. The Morgan fingerprint density at radius 2 is 1.48 bits per heavy atom. The molecule has 5 rings (SSSR count). The molecular weight excluding hydrogens is 406 g/mol. The second-order valence-electron chi connectivity index (χ2n) is 8.79. The van der Waals surface area contributed by atoms with Crippen molar-refractivity contribution >= 4 is 21.8 Å². The number of imidazole rings is 2. The molecule has 0 saturated carbocycles. The van der Waals surface area contributed by atoms with Crippen molar-refractivity contribution < 1.29 is 0 Å². The van der Waals surface area contributed by atoms with Crippen LogP contribution in [0.1, 0.15) is 44.3 Å². The Labute approximate surface area is 194 Å². The first-order valence-electron chi connectivity index (χ1n) is 12.0. The topological polar surface area (TPSA) is 83.4 Å². The average Bonchev–Trinajstić information content (AvgIpc) is 3.48. The van der Waals surface area contributed by atoms with Gasteiger partial charge in [0.1, 0.15) is 11.6 Å². The molecule has 0 radical (unpaired) electrons. The van der Waals surface area contributed by atoms with E-state index in [1.54, 1.807) is 0 Å². The van der Waals surface area contributed by atoms with E-state index in [1.807, 2.05) is 6.20 Å². The van der Waals surface area contributed by atoms with Gasteiger partial charge in [-0.3, -0.25) is 0 Å². The molecule has 0 fully saturated rings. The van der Waals surface area contributed by atoms with Crippen LogP contribution in [0.25, 0.3) is 44.2 Å². The molecule has 0 amide bonds. The van der Waals surface area contributed by atoms with Gasteiger partial charge in [0.05, 0.1) is 22.9 Å². The molecule has 5 aromatic rings. The molecule has 3 aromatic carbocycles. The summed E-state index contributed by atoms with van der Waals surface area (Å²) in [5.41, 5.74) is 12.4. The van der Waals surface area contributed by atoms with Crippen molar-refractivity contribution in [2.75, 3.05) is 6.54 Å². The molecule has 2 aromatic heterocycles. The molecule has 0 bridgehead atoms. The molecule has 0 aliphatic heterocycles. The summed E-state index contributed by atoms with van der Waals surface area (Å²) in [5, 5.41) is 2.45. The van der Waals surface area contributed by atoms with E-state index < -0.39 is 0 Å². The minimum Gasteiger partial charge on any atom is -0.342 e. The van der Waals surface area contributed by atoms with Crippen LogP contribution in [0.2, 0.25) is 0 Å². The van der Waals surface area contributed by atoms with Gasteiger partial charge in [0.15, 0.2) is 0 Å². The molecule has 0 aliphatic rings. The summed E-state index contributed by atoms with van der Waals surface area (Å²) >= 11 is 0. The molecule has 33 heavy (non-hydrogen) atoms. The molecule has 5 heteroatoms. The van der Waals surface area contributed by atoms with Gasteiger partial charge in [0, 0.05) is 18.4 Å². The van der Waals surface area contributed by atoms with Crippen LogP contribution in [0.5, 0.6) is 0 Å². The highest BCUT2D eigenvalue weighted by Gasteiger charge is 2.08. The maximum absolute atomic E-state index is 5.60. The fraction of sp³-hybridized carbons (Fsp3) is 0.286. The maximum Gasteiger partial charge on any atom is 0.107 e. The second kappa shape index (κ2) is 9.59. The fourth-order valence-electron chi connectivity index (χ4n) is 4.37. The largest absolute Gasteiger partial charge is 0.342 e. The smallest absolute Gasteiger partial charge is 0.107 e. The zero-order valence-corrected chi connectivity index (χ0v) is 19.2. The van der Waals surface area contributed by atoms with Gasteiger partial charge < -0.3 is 15.7 Å². The first-order chi connectivity index (χ1) is 16.2. The number of unbranched alkanes of at least 4 members (excludes halogenated alkanes) is 2. The minimum absolute atomic E-state index is 0.732. The molecule has 0 saturated heterocycles. The fourth-order valence-corrected chi connectivity index (χ4v) is 4.37. The first-order valence-corrected chi connectivity index (χ1v) is 12.0. The van der Waals surface area contributed by atoms with E-state index in [1.165, 1.54) is 28.3 Å². The summed E-state index contributed by atoms with van der Waals surface area (Å²) in [4.78, 5) is 16.2. The lowest BCUT2D eigenvalue weighted by Crippen LogP contribution is -1.99. The quantitative estimate of drug-likeness (QED) is 0.233. The van der Waals surface area contributed by atoms with Crippen molar-refractivity contribution in [2.45, 2.75) is 45.4 Å².